The largest absolute Gasteiger partial charge is 0.473 e. The van der Waals surface area contributed by atoms with Crippen molar-refractivity contribution in [1.29, 1.82) is 0 Å². The summed E-state index contributed by atoms with van der Waals surface area (Å²) in [6.45, 7) is 4.95. The fourth-order valence-electron chi connectivity index (χ4n) is 2.45. The number of aliphatic hydroxyl groups is 2. The summed E-state index contributed by atoms with van der Waals surface area (Å²) in [5.74, 6) is 0. The summed E-state index contributed by atoms with van der Waals surface area (Å²) >= 11 is 0. The standard InChI is InChI=1S/C20H38O3/c1-3-5-11-19(13-7-9-15-21)17-23-18-20(12-6-4-2)14-8-10-16-22/h17-18,21-22H,3-16H2,1-2H3. The van der Waals surface area contributed by atoms with Gasteiger partial charge in [0.2, 0.25) is 0 Å². The summed E-state index contributed by atoms with van der Waals surface area (Å²) in [6, 6.07) is 0. The summed E-state index contributed by atoms with van der Waals surface area (Å²) in [7, 11) is 0. The van der Waals surface area contributed by atoms with Crippen molar-refractivity contribution in [3.8, 4) is 0 Å². The van der Waals surface area contributed by atoms with E-state index in [2.05, 4.69) is 13.8 Å². The van der Waals surface area contributed by atoms with Gasteiger partial charge in [-0.2, -0.15) is 0 Å². The zero-order valence-electron chi connectivity index (χ0n) is 15.4. The fraction of sp³-hybridized carbons (Fsp3) is 0.800. The van der Waals surface area contributed by atoms with Gasteiger partial charge in [0.05, 0.1) is 12.5 Å². The second kappa shape index (κ2) is 17.6. The van der Waals surface area contributed by atoms with E-state index in [1.807, 2.05) is 12.5 Å². The highest BCUT2D eigenvalue weighted by Gasteiger charge is 2.01. The lowest BCUT2D eigenvalue weighted by Crippen LogP contribution is -1.91. The van der Waals surface area contributed by atoms with E-state index in [4.69, 9.17) is 14.9 Å². The van der Waals surface area contributed by atoms with Crippen LogP contribution in [0.2, 0.25) is 0 Å². The maximum Gasteiger partial charge on any atom is 0.0893 e. The van der Waals surface area contributed by atoms with Gasteiger partial charge in [0.15, 0.2) is 0 Å². The summed E-state index contributed by atoms with van der Waals surface area (Å²) < 4.78 is 5.76. The maximum absolute atomic E-state index is 8.91. The number of allylic oxidation sites excluding steroid dienone is 2. The van der Waals surface area contributed by atoms with Crippen LogP contribution in [0.4, 0.5) is 0 Å². The zero-order chi connectivity index (χ0) is 17.2. The van der Waals surface area contributed by atoms with Crippen LogP contribution in [0.25, 0.3) is 0 Å². The Bertz CT molecular complexity index is 278. The summed E-state index contributed by atoms with van der Waals surface area (Å²) in [5, 5.41) is 17.8. The molecule has 0 aliphatic carbocycles. The molecule has 0 aliphatic heterocycles. The van der Waals surface area contributed by atoms with Gasteiger partial charge in [-0.05, 0) is 75.4 Å². The Balaban J connectivity index is 4.46. The molecule has 2 N–H and O–H groups in total. The lowest BCUT2D eigenvalue weighted by atomic mass is 10.0. The van der Waals surface area contributed by atoms with Crippen LogP contribution in [0.1, 0.15) is 90.9 Å². The van der Waals surface area contributed by atoms with E-state index in [-0.39, 0.29) is 13.2 Å². The molecule has 0 spiro atoms. The molecule has 0 unspecified atom stereocenters. The van der Waals surface area contributed by atoms with Gasteiger partial charge in [-0.3, -0.25) is 0 Å². The van der Waals surface area contributed by atoms with E-state index in [9.17, 15) is 0 Å². The van der Waals surface area contributed by atoms with Gasteiger partial charge in [0.1, 0.15) is 0 Å². The van der Waals surface area contributed by atoms with Gasteiger partial charge in [0, 0.05) is 13.2 Å². The lowest BCUT2D eigenvalue weighted by molar-refractivity contribution is 0.283. The fourth-order valence-corrected chi connectivity index (χ4v) is 2.45. The molecule has 3 heteroatoms. The second-order valence-corrected chi connectivity index (χ2v) is 6.26. The van der Waals surface area contributed by atoms with Crippen molar-refractivity contribution < 1.29 is 14.9 Å². The topological polar surface area (TPSA) is 49.7 Å². The highest BCUT2D eigenvalue weighted by Crippen LogP contribution is 2.18. The first-order valence-corrected chi connectivity index (χ1v) is 9.51. The van der Waals surface area contributed by atoms with Crippen LogP contribution in [-0.4, -0.2) is 23.4 Å². The third-order valence-electron chi connectivity index (χ3n) is 3.98. The van der Waals surface area contributed by atoms with Crippen LogP contribution in [0, 0.1) is 0 Å². The van der Waals surface area contributed by atoms with E-state index in [1.54, 1.807) is 0 Å². The highest BCUT2D eigenvalue weighted by atomic mass is 16.5. The first kappa shape index (κ1) is 22.2. The van der Waals surface area contributed by atoms with E-state index in [0.29, 0.717) is 0 Å². The minimum atomic E-state index is 0.272. The molecule has 23 heavy (non-hydrogen) atoms. The van der Waals surface area contributed by atoms with Gasteiger partial charge in [-0.15, -0.1) is 0 Å². The van der Waals surface area contributed by atoms with Crippen molar-refractivity contribution in [2.45, 2.75) is 90.9 Å². The summed E-state index contributed by atoms with van der Waals surface area (Å²) in [5.41, 5.74) is 2.70. The summed E-state index contributed by atoms with van der Waals surface area (Å²) in [6.07, 6.45) is 16.6. The van der Waals surface area contributed by atoms with E-state index in [0.717, 1.165) is 51.4 Å². The Morgan fingerprint density at radius 2 is 1.04 bits per heavy atom. The molecule has 0 saturated heterocycles. The number of rotatable bonds is 16. The van der Waals surface area contributed by atoms with Crippen LogP contribution in [0.3, 0.4) is 0 Å². The second-order valence-electron chi connectivity index (χ2n) is 6.26. The third kappa shape index (κ3) is 14.5. The highest BCUT2D eigenvalue weighted by molar-refractivity contribution is 5.02. The maximum atomic E-state index is 8.91. The van der Waals surface area contributed by atoms with Crippen molar-refractivity contribution in [2.75, 3.05) is 13.2 Å². The molecule has 0 atom stereocenters. The van der Waals surface area contributed by atoms with Crippen molar-refractivity contribution in [1.82, 2.24) is 0 Å². The molecule has 0 fully saturated rings. The average molecular weight is 327 g/mol. The molecule has 0 amide bonds. The molecule has 0 aromatic heterocycles. The first-order chi connectivity index (χ1) is 11.3. The van der Waals surface area contributed by atoms with Crippen LogP contribution >= 0.6 is 0 Å². The normalized spacial score (nSPS) is 12.7. The van der Waals surface area contributed by atoms with Gasteiger partial charge in [-0.1, -0.05) is 26.7 Å². The third-order valence-corrected chi connectivity index (χ3v) is 3.98. The van der Waals surface area contributed by atoms with Crippen LogP contribution < -0.4 is 0 Å². The molecule has 0 saturated carbocycles. The molecule has 0 rings (SSSR count). The van der Waals surface area contributed by atoms with Crippen LogP contribution in [-0.2, 0) is 4.74 Å². The van der Waals surface area contributed by atoms with Crippen molar-refractivity contribution in [3.63, 3.8) is 0 Å². The molecule has 0 aromatic carbocycles. The molecule has 0 bridgehead atoms. The molecule has 136 valence electrons. The molecule has 0 aromatic rings. The quantitative estimate of drug-likeness (QED) is 0.292. The van der Waals surface area contributed by atoms with Gasteiger partial charge in [-0.25, -0.2) is 0 Å². The smallest absolute Gasteiger partial charge is 0.0893 e. The molecule has 0 radical (unpaired) electrons. The van der Waals surface area contributed by atoms with Gasteiger partial charge >= 0.3 is 0 Å². The SMILES string of the molecule is CCCCC(=COC=C(CCCC)CCCCO)CCCCO. The van der Waals surface area contributed by atoms with Gasteiger partial charge < -0.3 is 14.9 Å². The molecule has 0 aliphatic rings. The Labute approximate surface area is 143 Å². The lowest BCUT2D eigenvalue weighted by Gasteiger charge is -2.08. The Morgan fingerprint density at radius 3 is 1.39 bits per heavy atom. The molecule has 3 nitrogen and oxygen atoms in total. The van der Waals surface area contributed by atoms with Crippen molar-refractivity contribution >= 4 is 0 Å². The van der Waals surface area contributed by atoms with E-state index < -0.39 is 0 Å². The Morgan fingerprint density at radius 1 is 0.652 bits per heavy atom. The van der Waals surface area contributed by atoms with Gasteiger partial charge in [0.25, 0.3) is 0 Å². The predicted molar refractivity (Wildman–Crippen MR) is 98.2 cm³/mol. The van der Waals surface area contributed by atoms with E-state index >= 15 is 0 Å². The zero-order valence-corrected chi connectivity index (χ0v) is 15.4. The molecule has 0 heterocycles. The number of aliphatic hydroxyl groups excluding tert-OH is 2. The number of hydrogen-bond acceptors (Lipinski definition) is 3. The predicted octanol–water partition coefficient (Wildman–Crippen LogP) is 5.48. The van der Waals surface area contributed by atoms with Crippen LogP contribution in [0.15, 0.2) is 23.7 Å². The number of unbranched alkanes of at least 4 members (excludes halogenated alkanes) is 4. The van der Waals surface area contributed by atoms with Crippen LogP contribution in [0.5, 0.6) is 0 Å². The van der Waals surface area contributed by atoms with E-state index in [1.165, 1.54) is 36.8 Å². The van der Waals surface area contributed by atoms with Crippen molar-refractivity contribution in [2.24, 2.45) is 0 Å². The monoisotopic (exact) mass is 326 g/mol. The van der Waals surface area contributed by atoms with Crippen molar-refractivity contribution in [3.05, 3.63) is 23.7 Å². The average Bonchev–Trinajstić information content (AvgIpc) is 2.56. The molecular weight excluding hydrogens is 288 g/mol. The minimum absolute atomic E-state index is 0.272. The first-order valence-electron chi connectivity index (χ1n) is 9.51. The Kier molecular flexibility index (Phi) is 16.9. The molecular formula is C20H38O3. The number of ether oxygens (including phenoxy) is 1. The minimum Gasteiger partial charge on any atom is -0.473 e. The number of hydrogen-bond donors (Lipinski definition) is 2. The summed E-state index contributed by atoms with van der Waals surface area (Å²) in [4.78, 5) is 0. The Hall–Kier alpha value is -0.800.